The van der Waals surface area contributed by atoms with E-state index < -0.39 is 17.6 Å². The van der Waals surface area contributed by atoms with Crippen LogP contribution in [0, 0.1) is 0 Å². The molecule has 160 valence electrons. The molecule has 0 unspecified atom stereocenters. The third-order valence-electron chi connectivity index (χ3n) is 4.57. The third kappa shape index (κ3) is 5.66. The van der Waals surface area contributed by atoms with Crippen molar-refractivity contribution in [2.75, 3.05) is 0 Å². The lowest BCUT2D eigenvalue weighted by Gasteiger charge is -2.20. The maximum absolute atomic E-state index is 12.2. The molecule has 2 aromatic rings. The van der Waals surface area contributed by atoms with Gasteiger partial charge in [-0.15, -0.1) is 0 Å². The Kier molecular flexibility index (Phi) is 6.06. The molecule has 1 aliphatic rings. The predicted molar refractivity (Wildman–Crippen MR) is 120 cm³/mol. The number of alkyl carbamates (subject to hydrolysis) is 1. The number of hydrogen-bond donors (Lipinski definition) is 2. The minimum atomic E-state index is -0.656. The minimum Gasteiger partial charge on any atom is -0.444 e. The molecule has 0 atom stereocenters. The molecule has 0 saturated heterocycles. The van der Waals surface area contributed by atoms with Crippen molar-refractivity contribution >= 4 is 35.4 Å². The number of amidine groups is 1. The molecule has 0 aliphatic carbocycles. The average molecular weight is 419 g/mol. The van der Waals surface area contributed by atoms with E-state index in [0.29, 0.717) is 22.7 Å². The standard InChI is InChI=1S/C24H25N3O4/c1-14(28)19-11-18-10-9-17(15-5-7-16(8-6-15)22(25)29)12-20(18)26-21(13-19)27-23(30)31-24(2,3)4/h5-12H,13H2,1-4H3,(H2,25,29)(H,26,27,30). The first-order chi connectivity index (χ1) is 14.5. The minimum absolute atomic E-state index is 0.0994. The molecule has 7 nitrogen and oxygen atoms in total. The number of rotatable bonds is 3. The van der Waals surface area contributed by atoms with E-state index >= 15 is 0 Å². The average Bonchev–Trinajstić information content (AvgIpc) is 2.85. The zero-order chi connectivity index (χ0) is 22.8. The van der Waals surface area contributed by atoms with Crippen LogP contribution in [-0.2, 0) is 9.53 Å². The molecular formula is C24H25N3O4. The molecule has 0 radical (unpaired) electrons. The van der Waals surface area contributed by atoms with Crippen LogP contribution in [0.5, 0.6) is 0 Å². The highest BCUT2D eigenvalue weighted by atomic mass is 16.6. The van der Waals surface area contributed by atoms with Gasteiger partial charge in [-0.2, -0.15) is 0 Å². The van der Waals surface area contributed by atoms with Crippen LogP contribution in [0.25, 0.3) is 17.2 Å². The fourth-order valence-electron chi connectivity index (χ4n) is 3.09. The summed E-state index contributed by atoms with van der Waals surface area (Å²) in [6.07, 6.45) is 1.34. The van der Waals surface area contributed by atoms with Gasteiger partial charge in [0, 0.05) is 23.1 Å². The molecule has 31 heavy (non-hydrogen) atoms. The molecule has 0 bridgehead atoms. The van der Waals surface area contributed by atoms with E-state index in [1.807, 2.05) is 18.2 Å². The van der Waals surface area contributed by atoms with Crippen molar-refractivity contribution in [1.29, 1.82) is 0 Å². The van der Waals surface area contributed by atoms with Gasteiger partial charge in [0.05, 0.1) is 5.69 Å². The zero-order valence-electron chi connectivity index (χ0n) is 18.0. The highest BCUT2D eigenvalue weighted by Crippen LogP contribution is 2.32. The smallest absolute Gasteiger partial charge is 0.413 e. The van der Waals surface area contributed by atoms with Gasteiger partial charge in [-0.1, -0.05) is 24.3 Å². The van der Waals surface area contributed by atoms with E-state index in [9.17, 15) is 14.4 Å². The van der Waals surface area contributed by atoms with E-state index in [0.717, 1.165) is 16.7 Å². The first-order valence-electron chi connectivity index (χ1n) is 9.85. The molecule has 0 aromatic heterocycles. The van der Waals surface area contributed by atoms with Crippen LogP contribution in [0.15, 0.2) is 53.0 Å². The first-order valence-corrected chi connectivity index (χ1v) is 9.85. The molecule has 3 rings (SSSR count). The van der Waals surface area contributed by atoms with E-state index in [1.54, 1.807) is 51.1 Å². The van der Waals surface area contributed by atoms with Crippen LogP contribution >= 0.6 is 0 Å². The van der Waals surface area contributed by atoms with Gasteiger partial charge in [-0.3, -0.25) is 14.9 Å². The molecule has 0 spiro atoms. The molecule has 0 fully saturated rings. The van der Waals surface area contributed by atoms with Crippen LogP contribution in [0.2, 0.25) is 0 Å². The number of amides is 2. The van der Waals surface area contributed by atoms with Crippen molar-refractivity contribution in [2.45, 2.75) is 39.7 Å². The van der Waals surface area contributed by atoms with Gasteiger partial charge < -0.3 is 10.5 Å². The number of carbonyl (C=O) groups is 3. The van der Waals surface area contributed by atoms with Crippen LogP contribution in [0.3, 0.4) is 0 Å². The number of aliphatic imine (C=N–C) groups is 1. The normalized spacial score (nSPS) is 13.3. The Balaban J connectivity index is 1.99. The summed E-state index contributed by atoms with van der Waals surface area (Å²) in [7, 11) is 0. The van der Waals surface area contributed by atoms with Crippen molar-refractivity contribution in [3.05, 3.63) is 59.2 Å². The number of hydrogen-bond acceptors (Lipinski definition) is 5. The number of carbonyl (C=O) groups excluding carboxylic acids is 3. The Morgan fingerprint density at radius 2 is 1.68 bits per heavy atom. The molecule has 0 saturated carbocycles. The number of ketones is 1. The Morgan fingerprint density at radius 3 is 2.26 bits per heavy atom. The maximum atomic E-state index is 12.2. The number of nitrogens with zero attached hydrogens (tertiary/aromatic N) is 1. The van der Waals surface area contributed by atoms with Crippen molar-refractivity contribution in [3.8, 4) is 11.1 Å². The summed E-state index contributed by atoms with van der Waals surface area (Å²) in [6, 6.07) is 12.6. The van der Waals surface area contributed by atoms with Crippen LogP contribution in [0.4, 0.5) is 10.5 Å². The van der Waals surface area contributed by atoms with E-state index in [2.05, 4.69) is 10.3 Å². The SMILES string of the molecule is CC(=O)C1=Cc2ccc(-c3ccc(C(N)=O)cc3)cc2N=C(NC(=O)OC(C)(C)C)C1. The van der Waals surface area contributed by atoms with Crippen molar-refractivity contribution < 1.29 is 19.1 Å². The van der Waals surface area contributed by atoms with Crippen molar-refractivity contribution in [2.24, 2.45) is 10.7 Å². The third-order valence-corrected chi connectivity index (χ3v) is 4.57. The fraction of sp³-hybridized carbons (Fsp3) is 0.250. The molecule has 3 N–H and O–H groups in total. The second-order valence-corrected chi connectivity index (χ2v) is 8.30. The van der Waals surface area contributed by atoms with Gasteiger partial charge in [0.2, 0.25) is 5.91 Å². The summed E-state index contributed by atoms with van der Waals surface area (Å²) in [5.41, 5.74) is 8.74. The molecule has 1 heterocycles. The van der Waals surface area contributed by atoms with Crippen LogP contribution in [-0.4, -0.2) is 29.2 Å². The summed E-state index contributed by atoms with van der Waals surface area (Å²) in [6.45, 7) is 6.80. The molecular weight excluding hydrogens is 394 g/mol. The van der Waals surface area contributed by atoms with E-state index in [4.69, 9.17) is 10.5 Å². The monoisotopic (exact) mass is 419 g/mol. The fourth-order valence-corrected chi connectivity index (χ4v) is 3.09. The van der Waals surface area contributed by atoms with Gasteiger partial charge in [-0.05, 0) is 63.1 Å². The van der Waals surface area contributed by atoms with Gasteiger partial charge in [0.25, 0.3) is 0 Å². The van der Waals surface area contributed by atoms with E-state index in [1.165, 1.54) is 6.92 Å². The van der Waals surface area contributed by atoms with E-state index in [-0.39, 0.29) is 12.2 Å². The summed E-state index contributed by atoms with van der Waals surface area (Å²) >= 11 is 0. The Labute approximate surface area is 181 Å². The van der Waals surface area contributed by atoms with Crippen molar-refractivity contribution in [3.63, 3.8) is 0 Å². The van der Waals surface area contributed by atoms with Gasteiger partial charge >= 0.3 is 6.09 Å². The summed E-state index contributed by atoms with van der Waals surface area (Å²) in [5.74, 6) is -0.258. The van der Waals surface area contributed by atoms with Gasteiger partial charge in [0.15, 0.2) is 5.78 Å². The number of nitrogens with two attached hydrogens (primary N) is 1. The Hall–Kier alpha value is -3.74. The number of benzene rings is 2. The first kappa shape index (κ1) is 22.0. The lowest BCUT2D eigenvalue weighted by Crippen LogP contribution is -2.36. The number of ether oxygens (including phenoxy) is 1. The summed E-state index contributed by atoms with van der Waals surface area (Å²) in [5, 5.41) is 2.66. The molecule has 1 aliphatic heterocycles. The van der Waals surface area contributed by atoms with Crippen LogP contribution < -0.4 is 11.1 Å². The predicted octanol–water partition coefficient (Wildman–Crippen LogP) is 4.38. The van der Waals surface area contributed by atoms with Gasteiger partial charge in [-0.25, -0.2) is 9.79 Å². The zero-order valence-corrected chi connectivity index (χ0v) is 18.0. The molecule has 2 aromatic carbocycles. The second kappa shape index (κ2) is 8.55. The summed E-state index contributed by atoms with van der Waals surface area (Å²) < 4.78 is 5.32. The molecule has 7 heteroatoms. The van der Waals surface area contributed by atoms with Gasteiger partial charge in [0.1, 0.15) is 11.4 Å². The molecule has 2 amide bonds. The number of Topliss-reactive ketones (excluding diaryl/α,β-unsaturated/α-hetero) is 1. The highest BCUT2D eigenvalue weighted by Gasteiger charge is 2.21. The number of nitrogens with one attached hydrogen (secondary N) is 1. The Morgan fingerprint density at radius 1 is 1.03 bits per heavy atom. The van der Waals surface area contributed by atoms with Crippen LogP contribution in [0.1, 0.15) is 50.0 Å². The topological polar surface area (TPSA) is 111 Å². The highest BCUT2D eigenvalue weighted by molar-refractivity contribution is 6.08. The summed E-state index contributed by atoms with van der Waals surface area (Å²) in [4.78, 5) is 40.2. The quantitative estimate of drug-likeness (QED) is 0.769. The van der Waals surface area contributed by atoms with Crippen molar-refractivity contribution in [1.82, 2.24) is 5.32 Å². The number of primary amides is 1. The lowest BCUT2D eigenvalue weighted by atomic mass is 9.99. The Bertz CT molecular complexity index is 1110. The largest absolute Gasteiger partial charge is 0.444 e. The lowest BCUT2D eigenvalue weighted by molar-refractivity contribution is -0.113. The second-order valence-electron chi connectivity index (χ2n) is 8.30. The maximum Gasteiger partial charge on any atom is 0.413 e. The number of fused-ring (bicyclic) bond motifs is 1.